The average Bonchev–Trinajstić information content (AvgIpc) is 3.07. The van der Waals surface area contributed by atoms with E-state index < -0.39 is 40.9 Å². The van der Waals surface area contributed by atoms with Crippen LogP contribution >= 0.6 is 11.6 Å². The third kappa shape index (κ3) is 4.50. The van der Waals surface area contributed by atoms with Gasteiger partial charge in [0.2, 0.25) is 5.91 Å². The summed E-state index contributed by atoms with van der Waals surface area (Å²) in [7, 11) is 1.39. The fourth-order valence-corrected chi connectivity index (χ4v) is 3.88. The molecular formula is C21H20ClF4N3O3. The summed E-state index contributed by atoms with van der Waals surface area (Å²) in [6, 6.07) is 4.20. The van der Waals surface area contributed by atoms with Gasteiger partial charge in [-0.15, -0.1) is 0 Å². The van der Waals surface area contributed by atoms with E-state index in [-0.39, 0.29) is 35.2 Å². The van der Waals surface area contributed by atoms with Crippen LogP contribution in [0.4, 0.5) is 29.1 Å². The van der Waals surface area contributed by atoms with Crippen LogP contribution in [0.15, 0.2) is 30.3 Å². The zero-order chi connectivity index (χ0) is 24.0. The number of likely N-dealkylation sites (N-methyl/N-ethyl adjacent to an activating group) is 1. The van der Waals surface area contributed by atoms with Crippen molar-refractivity contribution in [1.82, 2.24) is 4.98 Å². The number of hydrogen-bond acceptors (Lipinski definition) is 4. The minimum atomic E-state index is -4.64. The molecule has 172 valence electrons. The van der Waals surface area contributed by atoms with Gasteiger partial charge < -0.3 is 14.9 Å². The molecule has 32 heavy (non-hydrogen) atoms. The fourth-order valence-electron chi connectivity index (χ4n) is 3.71. The molecule has 2 aromatic rings. The van der Waals surface area contributed by atoms with Gasteiger partial charge in [0, 0.05) is 25.0 Å². The Kier molecular flexibility index (Phi) is 6.12. The van der Waals surface area contributed by atoms with Crippen LogP contribution in [0.25, 0.3) is 0 Å². The molecule has 3 rings (SSSR count). The molecule has 1 unspecified atom stereocenters. The predicted octanol–water partition coefficient (Wildman–Crippen LogP) is 4.53. The molecular weight excluding hydrogens is 454 g/mol. The van der Waals surface area contributed by atoms with Gasteiger partial charge in [-0.25, -0.2) is 9.37 Å². The molecule has 1 aliphatic heterocycles. The molecule has 1 saturated heterocycles. The number of amides is 1. The molecule has 2 heterocycles. The lowest BCUT2D eigenvalue weighted by Gasteiger charge is -2.29. The first-order chi connectivity index (χ1) is 14.7. The maximum atomic E-state index is 13.5. The van der Waals surface area contributed by atoms with Gasteiger partial charge in [-0.3, -0.25) is 9.59 Å². The lowest BCUT2D eigenvalue weighted by molar-refractivity contribution is -0.146. The monoisotopic (exact) mass is 473 g/mol. The summed E-state index contributed by atoms with van der Waals surface area (Å²) in [6.07, 6.45) is -4.79. The maximum absolute atomic E-state index is 13.5. The molecule has 11 heteroatoms. The number of carboxylic acid groups (broad SMARTS) is 1. The fraction of sp³-hybridized carbons (Fsp3) is 0.381. The molecule has 1 aliphatic rings. The van der Waals surface area contributed by atoms with Crippen molar-refractivity contribution in [1.29, 1.82) is 0 Å². The van der Waals surface area contributed by atoms with Crippen LogP contribution in [0.2, 0.25) is 5.02 Å². The van der Waals surface area contributed by atoms with Crippen LogP contribution in [0.1, 0.15) is 24.6 Å². The largest absolute Gasteiger partial charge is 0.481 e. The van der Waals surface area contributed by atoms with Crippen molar-refractivity contribution in [3.63, 3.8) is 0 Å². The third-order valence-electron chi connectivity index (χ3n) is 5.52. The predicted molar refractivity (Wildman–Crippen MR) is 110 cm³/mol. The molecule has 0 spiro atoms. The van der Waals surface area contributed by atoms with Crippen LogP contribution in [0.5, 0.6) is 0 Å². The molecule has 0 saturated carbocycles. The molecule has 0 aliphatic carbocycles. The molecule has 0 bridgehead atoms. The van der Waals surface area contributed by atoms with Crippen LogP contribution in [-0.2, 0) is 15.8 Å². The summed E-state index contributed by atoms with van der Waals surface area (Å²) >= 11 is 5.79. The minimum Gasteiger partial charge on any atom is -0.481 e. The standard InChI is InChI=1S/C21H20ClF4N3O3/c1-11-6-12(21(24,25)26)7-17(27-11)29-10-20(2,19(31)32)9-16(29)18(30)28(3)13-4-5-15(23)14(22)8-13/h4-8,16H,9-10H2,1-3H3,(H,31,32)/t16?,20-/m0/s1. The van der Waals surface area contributed by atoms with Crippen LogP contribution in [-0.4, -0.2) is 41.6 Å². The molecule has 2 atom stereocenters. The van der Waals surface area contributed by atoms with Gasteiger partial charge >= 0.3 is 12.1 Å². The number of aliphatic carboxylic acids is 1. The van der Waals surface area contributed by atoms with E-state index in [1.54, 1.807) is 0 Å². The number of carbonyl (C=O) groups excluding carboxylic acids is 1. The Morgan fingerprint density at radius 3 is 2.50 bits per heavy atom. The first-order valence-corrected chi connectivity index (χ1v) is 9.89. The number of alkyl halides is 3. The van der Waals surface area contributed by atoms with Gasteiger partial charge in [-0.05, 0) is 50.6 Å². The van der Waals surface area contributed by atoms with Crippen molar-refractivity contribution in [2.75, 3.05) is 23.4 Å². The lowest BCUT2D eigenvalue weighted by Crippen LogP contribution is -2.44. The van der Waals surface area contributed by atoms with Gasteiger partial charge in [0.25, 0.3) is 0 Å². The summed E-state index contributed by atoms with van der Waals surface area (Å²) in [6.45, 7) is 2.59. The molecule has 0 radical (unpaired) electrons. The SMILES string of the molecule is Cc1cc(C(F)(F)F)cc(N2C[C@@](C)(C(=O)O)CC2C(=O)N(C)c2ccc(F)c(Cl)c2)n1. The van der Waals surface area contributed by atoms with Crippen molar-refractivity contribution in [2.45, 2.75) is 32.5 Å². The molecule has 1 amide bonds. The number of aromatic nitrogens is 1. The van der Waals surface area contributed by atoms with Gasteiger partial charge in [-0.1, -0.05) is 11.6 Å². The second kappa shape index (κ2) is 8.23. The maximum Gasteiger partial charge on any atom is 0.416 e. The number of benzene rings is 1. The van der Waals surface area contributed by atoms with E-state index in [1.165, 1.54) is 37.9 Å². The second-order valence-electron chi connectivity index (χ2n) is 8.06. The minimum absolute atomic E-state index is 0.0728. The lowest BCUT2D eigenvalue weighted by atomic mass is 9.88. The number of rotatable bonds is 4. The highest BCUT2D eigenvalue weighted by atomic mass is 35.5. The zero-order valence-corrected chi connectivity index (χ0v) is 18.1. The van der Waals surface area contributed by atoms with Crippen LogP contribution in [0, 0.1) is 18.2 Å². The Labute approximate surface area is 186 Å². The van der Waals surface area contributed by atoms with E-state index in [1.807, 2.05) is 0 Å². The number of aryl methyl sites for hydroxylation is 1. The summed E-state index contributed by atoms with van der Waals surface area (Å²) in [5, 5.41) is 9.47. The summed E-state index contributed by atoms with van der Waals surface area (Å²) in [5.74, 6) is -2.60. The van der Waals surface area contributed by atoms with Crippen molar-refractivity contribution in [3.05, 3.63) is 52.4 Å². The number of nitrogens with zero attached hydrogens (tertiary/aromatic N) is 3. The quantitative estimate of drug-likeness (QED) is 0.660. The first kappa shape index (κ1) is 23.8. The number of carboxylic acids is 1. The average molecular weight is 474 g/mol. The van der Waals surface area contributed by atoms with Gasteiger partial charge in [0.05, 0.1) is 16.0 Å². The van der Waals surface area contributed by atoms with Gasteiger partial charge in [-0.2, -0.15) is 13.2 Å². The molecule has 6 nitrogen and oxygen atoms in total. The van der Waals surface area contributed by atoms with Crippen LogP contribution in [0.3, 0.4) is 0 Å². The number of anilines is 2. The van der Waals surface area contributed by atoms with E-state index >= 15 is 0 Å². The highest BCUT2D eigenvalue weighted by Crippen LogP contribution is 2.40. The zero-order valence-electron chi connectivity index (χ0n) is 17.4. The molecule has 1 aromatic heterocycles. The summed E-state index contributed by atoms with van der Waals surface area (Å²) < 4.78 is 53.5. The third-order valence-corrected chi connectivity index (χ3v) is 5.81. The highest BCUT2D eigenvalue weighted by molar-refractivity contribution is 6.31. The van der Waals surface area contributed by atoms with Crippen molar-refractivity contribution >= 4 is 35.0 Å². The summed E-state index contributed by atoms with van der Waals surface area (Å²) in [4.78, 5) is 31.8. The highest BCUT2D eigenvalue weighted by Gasteiger charge is 2.50. The Balaban J connectivity index is 2.04. The van der Waals surface area contributed by atoms with E-state index in [0.717, 1.165) is 23.1 Å². The number of halogens is 5. The van der Waals surface area contributed by atoms with Gasteiger partial charge in [0.1, 0.15) is 17.7 Å². The number of hydrogen-bond donors (Lipinski definition) is 1. The van der Waals surface area contributed by atoms with Gasteiger partial charge in [0.15, 0.2) is 0 Å². The van der Waals surface area contributed by atoms with Crippen molar-refractivity contribution < 1.29 is 32.3 Å². The van der Waals surface area contributed by atoms with Crippen molar-refractivity contribution in [2.24, 2.45) is 5.41 Å². The number of pyridine rings is 1. The normalized spacial score (nSPS) is 21.0. The van der Waals surface area contributed by atoms with E-state index in [4.69, 9.17) is 11.6 Å². The Bertz CT molecular complexity index is 1080. The number of carbonyl (C=O) groups is 2. The molecule has 1 fully saturated rings. The van der Waals surface area contributed by atoms with E-state index in [0.29, 0.717) is 0 Å². The Hall–Kier alpha value is -2.88. The van der Waals surface area contributed by atoms with E-state index in [9.17, 15) is 32.3 Å². The summed E-state index contributed by atoms with van der Waals surface area (Å²) in [5.41, 5.74) is -2.03. The van der Waals surface area contributed by atoms with Crippen molar-refractivity contribution in [3.8, 4) is 0 Å². The van der Waals surface area contributed by atoms with Crippen LogP contribution < -0.4 is 9.80 Å². The Morgan fingerprint density at radius 2 is 1.94 bits per heavy atom. The smallest absolute Gasteiger partial charge is 0.416 e. The molecule has 1 N–H and O–H groups in total. The molecule has 1 aromatic carbocycles. The first-order valence-electron chi connectivity index (χ1n) is 9.51. The second-order valence-corrected chi connectivity index (χ2v) is 8.47. The topological polar surface area (TPSA) is 73.7 Å². The van der Waals surface area contributed by atoms with E-state index in [2.05, 4.69) is 4.98 Å². The Morgan fingerprint density at radius 1 is 1.28 bits per heavy atom.